The number of nitrogens with one attached hydrogen (secondary N) is 1. The summed E-state index contributed by atoms with van der Waals surface area (Å²) in [5.41, 5.74) is -0.435. The van der Waals surface area contributed by atoms with Crippen molar-refractivity contribution in [3.8, 4) is 17.0 Å². The monoisotopic (exact) mass is 543 g/mol. The van der Waals surface area contributed by atoms with E-state index in [2.05, 4.69) is 25.7 Å². The molecule has 38 heavy (non-hydrogen) atoms. The number of carbonyl (C=O) groups excluding carboxylic acids is 1. The molecule has 2 N–H and O–H groups in total. The number of alkyl halides is 4. The van der Waals surface area contributed by atoms with Crippen molar-refractivity contribution >= 4 is 28.4 Å². The highest BCUT2D eigenvalue weighted by Crippen LogP contribution is 2.35. The molecule has 1 amide bonds. The predicted octanol–water partition coefficient (Wildman–Crippen LogP) is 2.19. The number of nitrogens with zero attached hydrogens (tertiary/aromatic N) is 7. The average molecular weight is 543 g/mol. The number of ether oxygens (including phenoxy) is 1. The second-order valence-corrected chi connectivity index (χ2v) is 8.61. The fraction of sp³-hybridized carbons (Fsp3) is 0.409. The number of hydrogen-bond donors (Lipinski definition) is 2. The molecule has 1 fully saturated rings. The Bertz CT molecular complexity index is 1610. The summed E-state index contributed by atoms with van der Waals surface area (Å²) < 4.78 is 98.4. The molecule has 202 valence electrons. The molecule has 3 aromatic heterocycles. The van der Waals surface area contributed by atoms with Gasteiger partial charge < -0.3 is 20.1 Å². The molecule has 2 atom stereocenters. The van der Waals surface area contributed by atoms with Gasteiger partial charge in [0.05, 0.1) is 41.0 Å². The Kier molecular flexibility index (Phi) is 5.58. The number of likely N-dealkylation sites (tertiary alicyclic amines) is 1. The van der Waals surface area contributed by atoms with Crippen molar-refractivity contribution in [3.63, 3.8) is 0 Å². The molecule has 0 spiro atoms. The summed E-state index contributed by atoms with van der Waals surface area (Å²) in [5.74, 6) is -2.48. The molecule has 0 bridgehead atoms. The van der Waals surface area contributed by atoms with Crippen LogP contribution in [0.25, 0.3) is 27.7 Å². The number of benzene rings is 1. The van der Waals surface area contributed by atoms with Gasteiger partial charge >= 0.3 is 6.18 Å². The van der Waals surface area contributed by atoms with Gasteiger partial charge in [-0.05, 0) is 24.1 Å². The van der Waals surface area contributed by atoms with Crippen molar-refractivity contribution in [3.05, 3.63) is 30.2 Å². The quantitative estimate of drug-likeness (QED) is 0.355. The number of piperidine rings is 1. The summed E-state index contributed by atoms with van der Waals surface area (Å²) in [5, 5.41) is 23.0. The lowest BCUT2D eigenvalue weighted by Gasteiger charge is -2.34. The molecular formula is C22H21F5N8O3. The fourth-order valence-electron chi connectivity index (χ4n) is 4.40. The summed E-state index contributed by atoms with van der Waals surface area (Å²) >= 11 is 0. The zero-order valence-electron chi connectivity index (χ0n) is 22.3. The van der Waals surface area contributed by atoms with Crippen LogP contribution in [0, 0.1) is 5.82 Å². The first-order chi connectivity index (χ1) is 19.2. The molecular weight excluding hydrogens is 519 g/mol. The van der Waals surface area contributed by atoms with E-state index in [4.69, 9.17) is 14.0 Å². The van der Waals surface area contributed by atoms with Crippen LogP contribution in [0.3, 0.4) is 0 Å². The van der Waals surface area contributed by atoms with Crippen LogP contribution in [0.2, 0.25) is 0 Å². The van der Waals surface area contributed by atoms with E-state index in [0.29, 0.717) is 4.68 Å². The summed E-state index contributed by atoms with van der Waals surface area (Å²) in [6, 6.07) is 2.97. The predicted molar refractivity (Wildman–Crippen MR) is 123 cm³/mol. The molecule has 0 saturated carbocycles. The Morgan fingerprint density at radius 3 is 2.89 bits per heavy atom. The third kappa shape index (κ3) is 4.78. The lowest BCUT2D eigenvalue weighted by atomic mass is 10.0. The maximum atomic E-state index is 15.4. The van der Waals surface area contributed by atoms with Crippen LogP contribution in [0.1, 0.15) is 10.5 Å². The van der Waals surface area contributed by atoms with Gasteiger partial charge in [0.2, 0.25) is 17.7 Å². The molecule has 1 aromatic carbocycles. The standard InChI is InChI=1S/C22H21F5N8O3/c1-38-20-19-18(11-2-3-15-16(6-11)35(32-30-15)10-22(25,26)27)13(24)8-34(19)31-21(29-20)28-14-4-5-33(7-12(14)23)17(37)9-36/h2-3,6,8,12,14,36H,4-5,7,9-10H2,1H3,(H,28,31)/t12-,14+/m1/s1/i1D3. The van der Waals surface area contributed by atoms with Gasteiger partial charge in [-0.15, -0.1) is 10.2 Å². The zero-order chi connectivity index (χ0) is 29.7. The van der Waals surface area contributed by atoms with Crippen LogP contribution in [0.15, 0.2) is 24.4 Å². The molecule has 11 nitrogen and oxygen atoms in total. The minimum atomic E-state index is -4.60. The number of carbonyl (C=O) groups is 1. The molecule has 1 aliphatic rings. The van der Waals surface area contributed by atoms with Crippen LogP contribution in [-0.4, -0.2) is 90.6 Å². The normalized spacial score (nSPS) is 19.8. The van der Waals surface area contributed by atoms with Crippen molar-refractivity contribution in [2.24, 2.45) is 0 Å². The summed E-state index contributed by atoms with van der Waals surface area (Å²) in [7, 11) is -3.05. The van der Waals surface area contributed by atoms with Crippen molar-refractivity contribution in [2.75, 3.05) is 32.1 Å². The molecule has 0 aliphatic carbocycles. The second-order valence-electron chi connectivity index (χ2n) is 8.61. The number of hydrogen-bond acceptors (Lipinski definition) is 8. The van der Waals surface area contributed by atoms with E-state index in [1.54, 1.807) is 0 Å². The lowest BCUT2D eigenvalue weighted by Crippen LogP contribution is -2.50. The van der Waals surface area contributed by atoms with Gasteiger partial charge in [0, 0.05) is 6.54 Å². The molecule has 0 unspecified atom stereocenters. The maximum absolute atomic E-state index is 15.4. The highest BCUT2D eigenvalue weighted by atomic mass is 19.4. The molecule has 4 heterocycles. The third-order valence-electron chi connectivity index (χ3n) is 6.13. The van der Waals surface area contributed by atoms with E-state index in [1.807, 2.05) is 0 Å². The van der Waals surface area contributed by atoms with Gasteiger partial charge in [0.25, 0.3) is 0 Å². The summed E-state index contributed by atoms with van der Waals surface area (Å²) in [6.07, 6.45) is -5.24. The van der Waals surface area contributed by atoms with Crippen LogP contribution in [-0.2, 0) is 11.3 Å². The van der Waals surface area contributed by atoms with Crippen molar-refractivity contribution < 1.29 is 40.7 Å². The summed E-state index contributed by atoms with van der Waals surface area (Å²) in [4.78, 5) is 16.9. The molecule has 16 heteroatoms. The van der Waals surface area contributed by atoms with Gasteiger partial charge in [-0.2, -0.15) is 18.2 Å². The van der Waals surface area contributed by atoms with E-state index in [-0.39, 0.29) is 53.1 Å². The van der Waals surface area contributed by atoms with E-state index in [1.165, 1.54) is 18.2 Å². The van der Waals surface area contributed by atoms with Crippen LogP contribution in [0.4, 0.5) is 27.9 Å². The Morgan fingerprint density at radius 1 is 1.37 bits per heavy atom. The number of aliphatic hydroxyl groups is 1. The average Bonchev–Trinajstić information content (AvgIpc) is 3.42. The van der Waals surface area contributed by atoms with Gasteiger partial charge in [-0.1, -0.05) is 11.3 Å². The number of aliphatic hydroxyl groups excluding tert-OH is 1. The van der Waals surface area contributed by atoms with Gasteiger partial charge in [-0.25, -0.2) is 18.0 Å². The highest BCUT2D eigenvalue weighted by Gasteiger charge is 2.33. The number of fused-ring (bicyclic) bond motifs is 2. The van der Waals surface area contributed by atoms with Crippen molar-refractivity contribution in [1.82, 2.24) is 34.5 Å². The largest absolute Gasteiger partial charge is 0.479 e. The van der Waals surface area contributed by atoms with E-state index in [0.717, 1.165) is 15.6 Å². The van der Waals surface area contributed by atoms with Crippen LogP contribution in [0.5, 0.6) is 5.88 Å². The van der Waals surface area contributed by atoms with E-state index >= 15 is 4.39 Å². The maximum Gasteiger partial charge on any atom is 0.408 e. The van der Waals surface area contributed by atoms with Crippen molar-refractivity contribution in [1.29, 1.82) is 0 Å². The number of halogens is 5. The number of rotatable bonds is 6. The summed E-state index contributed by atoms with van der Waals surface area (Å²) in [6.45, 7) is -2.42. The topological polar surface area (TPSA) is 123 Å². The Hall–Kier alpha value is -4.08. The van der Waals surface area contributed by atoms with E-state index in [9.17, 15) is 22.4 Å². The minimum absolute atomic E-state index is 0.0349. The molecule has 0 radical (unpaired) electrons. The van der Waals surface area contributed by atoms with Gasteiger partial charge in [-0.3, -0.25) is 4.79 Å². The Labute approximate surface area is 215 Å². The first-order valence-corrected chi connectivity index (χ1v) is 11.2. The number of aromatic nitrogens is 6. The van der Waals surface area contributed by atoms with Crippen LogP contribution >= 0.6 is 0 Å². The first kappa shape index (κ1) is 22.0. The van der Waals surface area contributed by atoms with Crippen LogP contribution < -0.4 is 10.1 Å². The van der Waals surface area contributed by atoms with Gasteiger partial charge in [0.1, 0.15) is 30.4 Å². The molecule has 1 saturated heterocycles. The second kappa shape index (κ2) is 9.66. The third-order valence-corrected chi connectivity index (χ3v) is 6.13. The van der Waals surface area contributed by atoms with Gasteiger partial charge in [0.15, 0.2) is 5.82 Å². The lowest BCUT2D eigenvalue weighted by molar-refractivity contribution is -0.142. The smallest absolute Gasteiger partial charge is 0.408 e. The number of amides is 1. The molecule has 1 aliphatic heterocycles. The number of methoxy groups -OCH3 is 1. The SMILES string of the molecule is [2H]C([2H])([2H])Oc1nc(N[C@H]2CCN(C(=O)CO)C[C@H]2F)nn2cc(F)c(-c3ccc4nnn(CC(F)(F)F)c4c3)c12. The fourth-order valence-corrected chi connectivity index (χ4v) is 4.40. The zero-order valence-corrected chi connectivity index (χ0v) is 19.3. The number of anilines is 1. The van der Waals surface area contributed by atoms with Crippen molar-refractivity contribution in [2.45, 2.75) is 31.4 Å². The minimum Gasteiger partial charge on any atom is -0.479 e. The molecule has 4 aromatic rings. The Morgan fingerprint density at radius 2 is 2.18 bits per heavy atom. The Balaban J connectivity index is 1.55. The molecule has 5 rings (SSSR count). The highest BCUT2D eigenvalue weighted by molar-refractivity contribution is 5.89. The first-order valence-electron chi connectivity index (χ1n) is 12.7. The van der Waals surface area contributed by atoms with E-state index < -0.39 is 56.2 Å².